The van der Waals surface area contributed by atoms with Crippen molar-refractivity contribution in [3.05, 3.63) is 51.7 Å². The van der Waals surface area contributed by atoms with Gasteiger partial charge in [-0.05, 0) is 54.0 Å². The summed E-state index contributed by atoms with van der Waals surface area (Å²) in [5.74, 6) is -0.284. The van der Waals surface area contributed by atoms with Crippen LogP contribution in [0.1, 0.15) is 65.7 Å². The van der Waals surface area contributed by atoms with Gasteiger partial charge in [0.1, 0.15) is 0 Å². The van der Waals surface area contributed by atoms with E-state index in [0.29, 0.717) is 17.8 Å². The number of amides is 5. The van der Waals surface area contributed by atoms with Crippen molar-refractivity contribution < 1.29 is 22.8 Å². The monoisotopic (exact) mass is 518 g/mol. The number of urea groups is 2. The van der Waals surface area contributed by atoms with Gasteiger partial charge in [0.05, 0.1) is 16.3 Å². The molecule has 1 aromatic carbocycles. The summed E-state index contributed by atoms with van der Waals surface area (Å²) in [6, 6.07) is 6.85. The first kappa shape index (κ1) is 25.2. The molecule has 1 aliphatic heterocycles. The Labute approximate surface area is 209 Å². The van der Waals surface area contributed by atoms with E-state index in [2.05, 4.69) is 15.4 Å². The van der Waals surface area contributed by atoms with Gasteiger partial charge in [0.2, 0.25) is 0 Å². The van der Waals surface area contributed by atoms with Crippen molar-refractivity contribution in [3.8, 4) is 0 Å². The summed E-state index contributed by atoms with van der Waals surface area (Å²) in [6.07, 6.45) is 7.74. The zero-order valence-corrected chi connectivity index (χ0v) is 21.1. The molecule has 11 heteroatoms. The van der Waals surface area contributed by atoms with E-state index >= 15 is 0 Å². The molecule has 2 heterocycles. The standard InChI is InChI=1S/C24H30N4O5S2/c29-22-21-18(13-15-34-21)16-28(22)24(31)25-14-12-17-8-10-20(11-9-17)35(32,33)27-23(30)26-19-6-4-2-1-3-5-7-19/h8-11,13,15,19H,1-7,12,14,16H2,(H,25,31)(H2,26,27,30). The number of hydrogen-bond donors (Lipinski definition) is 3. The van der Waals surface area contributed by atoms with Crippen LogP contribution in [0.25, 0.3) is 0 Å². The third-order valence-electron chi connectivity index (χ3n) is 6.35. The topological polar surface area (TPSA) is 125 Å². The Morgan fingerprint density at radius 2 is 1.69 bits per heavy atom. The normalized spacial score (nSPS) is 16.8. The van der Waals surface area contributed by atoms with Crippen molar-refractivity contribution in [2.75, 3.05) is 6.54 Å². The molecule has 0 atom stereocenters. The fraction of sp³-hybridized carbons (Fsp3) is 0.458. The third-order valence-corrected chi connectivity index (χ3v) is 8.64. The predicted octanol–water partition coefficient (Wildman–Crippen LogP) is 3.76. The van der Waals surface area contributed by atoms with Crippen LogP contribution in [0.4, 0.5) is 9.59 Å². The highest BCUT2D eigenvalue weighted by molar-refractivity contribution is 7.90. The van der Waals surface area contributed by atoms with E-state index in [1.54, 1.807) is 12.1 Å². The van der Waals surface area contributed by atoms with Crippen molar-refractivity contribution in [1.82, 2.24) is 20.3 Å². The average molecular weight is 519 g/mol. The molecule has 0 spiro atoms. The lowest BCUT2D eigenvalue weighted by Gasteiger charge is -2.21. The summed E-state index contributed by atoms with van der Waals surface area (Å²) in [6.45, 7) is 0.571. The molecule has 1 fully saturated rings. The molecule has 35 heavy (non-hydrogen) atoms. The number of hydrogen-bond acceptors (Lipinski definition) is 6. The van der Waals surface area contributed by atoms with Gasteiger partial charge in [-0.15, -0.1) is 11.3 Å². The molecule has 0 radical (unpaired) electrons. The van der Waals surface area contributed by atoms with Crippen LogP contribution in [0.15, 0.2) is 40.6 Å². The number of fused-ring (bicyclic) bond motifs is 1. The lowest BCUT2D eigenvalue weighted by molar-refractivity contribution is 0.0824. The van der Waals surface area contributed by atoms with Gasteiger partial charge in [-0.1, -0.05) is 44.2 Å². The number of carbonyl (C=O) groups is 3. The highest BCUT2D eigenvalue weighted by Gasteiger charge is 2.32. The summed E-state index contributed by atoms with van der Waals surface area (Å²) >= 11 is 1.33. The van der Waals surface area contributed by atoms with Crippen LogP contribution in [0, 0.1) is 0 Å². The van der Waals surface area contributed by atoms with Crippen LogP contribution in [0.5, 0.6) is 0 Å². The fourth-order valence-corrected chi connectivity index (χ4v) is 6.20. The van der Waals surface area contributed by atoms with E-state index < -0.39 is 22.1 Å². The number of sulfonamides is 1. The number of thiophene rings is 1. The summed E-state index contributed by atoms with van der Waals surface area (Å²) in [5, 5.41) is 7.37. The van der Waals surface area contributed by atoms with Gasteiger partial charge >= 0.3 is 12.1 Å². The maximum Gasteiger partial charge on any atom is 0.328 e. The molecule has 0 unspecified atom stereocenters. The number of carbonyl (C=O) groups excluding carboxylic acids is 3. The minimum absolute atomic E-state index is 0.00749. The number of nitrogens with one attached hydrogen (secondary N) is 3. The van der Waals surface area contributed by atoms with Crippen LogP contribution in [-0.2, 0) is 23.0 Å². The molecule has 5 amide bonds. The molecule has 1 aliphatic carbocycles. The second kappa shape index (κ2) is 11.2. The van der Waals surface area contributed by atoms with Crippen molar-refractivity contribution in [2.45, 2.75) is 68.8 Å². The van der Waals surface area contributed by atoms with Gasteiger partial charge in [-0.2, -0.15) is 0 Å². The molecular weight excluding hydrogens is 488 g/mol. The van der Waals surface area contributed by atoms with Gasteiger partial charge in [0.25, 0.3) is 15.9 Å². The average Bonchev–Trinajstić information content (AvgIpc) is 3.38. The molecule has 0 saturated heterocycles. The Bertz CT molecular complexity index is 1170. The first-order valence-electron chi connectivity index (χ1n) is 11.9. The number of nitrogens with zero attached hydrogens (tertiary/aromatic N) is 1. The Morgan fingerprint density at radius 1 is 1.00 bits per heavy atom. The van der Waals surface area contributed by atoms with Crippen LogP contribution < -0.4 is 15.4 Å². The number of rotatable bonds is 6. The molecule has 3 N–H and O–H groups in total. The molecular formula is C24H30N4O5S2. The first-order chi connectivity index (χ1) is 16.8. The minimum Gasteiger partial charge on any atom is -0.337 e. The van der Waals surface area contributed by atoms with Crippen LogP contribution in [0.3, 0.4) is 0 Å². The maximum atomic E-state index is 12.6. The van der Waals surface area contributed by atoms with Crippen molar-refractivity contribution in [3.63, 3.8) is 0 Å². The van der Waals surface area contributed by atoms with Crippen LogP contribution in [0.2, 0.25) is 0 Å². The van der Waals surface area contributed by atoms with Gasteiger partial charge in [-0.25, -0.2) is 22.7 Å². The summed E-state index contributed by atoms with van der Waals surface area (Å²) in [4.78, 5) is 38.7. The summed E-state index contributed by atoms with van der Waals surface area (Å²) < 4.78 is 27.3. The molecule has 0 bridgehead atoms. The zero-order chi connectivity index (χ0) is 24.8. The van der Waals surface area contributed by atoms with Gasteiger partial charge in [0.15, 0.2) is 0 Å². The van der Waals surface area contributed by atoms with Crippen LogP contribution >= 0.6 is 11.3 Å². The van der Waals surface area contributed by atoms with Crippen molar-refractivity contribution >= 4 is 39.3 Å². The third kappa shape index (κ3) is 6.40. The quantitative estimate of drug-likeness (QED) is 0.537. The predicted molar refractivity (Wildman–Crippen MR) is 133 cm³/mol. The van der Waals surface area contributed by atoms with Crippen molar-refractivity contribution in [2.24, 2.45) is 0 Å². The molecule has 2 aliphatic rings. The smallest absolute Gasteiger partial charge is 0.328 e. The van der Waals surface area contributed by atoms with E-state index in [0.717, 1.165) is 49.7 Å². The Morgan fingerprint density at radius 3 is 2.37 bits per heavy atom. The zero-order valence-electron chi connectivity index (χ0n) is 19.4. The summed E-state index contributed by atoms with van der Waals surface area (Å²) in [7, 11) is -3.99. The lowest BCUT2D eigenvalue weighted by atomic mass is 9.97. The molecule has 188 valence electrons. The Balaban J connectivity index is 1.24. The van der Waals surface area contributed by atoms with Crippen molar-refractivity contribution in [1.29, 1.82) is 0 Å². The highest BCUT2D eigenvalue weighted by atomic mass is 32.2. The molecule has 2 aromatic rings. The van der Waals surface area contributed by atoms with E-state index in [1.807, 2.05) is 11.4 Å². The number of benzene rings is 1. The van der Waals surface area contributed by atoms with Crippen LogP contribution in [-0.4, -0.2) is 43.9 Å². The SMILES string of the molecule is O=C(NC1CCCCCCC1)NS(=O)(=O)c1ccc(CCNC(=O)N2Cc3ccsc3C2=O)cc1. The fourth-order valence-electron chi connectivity index (χ4n) is 4.42. The summed E-state index contributed by atoms with van der Waals surface area (Å²) in [5.41, 5.74) is 1.68. The second-order valence-corrected chi connectivity index (χ2v) is 11.5. The van der Waals surface area contributed by atoms with E-state index in [-0.39, 0.29) is 23.4 Å². The molecule has 4 rings (SSSR count). The maximum absolute atomic E-state index is 12.6. The number of imide groups is 1. The lowest BCUT2D eigenvalue weighted by Crippen LogP contribution is -2.44. The minimum atomic E-state index is -3.99. The molecule has 1 saturated carbocycles. The highest BCUT2D eigenvalue weighted by Crippen LogP contribution is 2.27. The Kier molecular flexibility index (Phi) is 8.07. The largest absolute Gasteiger partial charge is 0.337 e. The van der Waals surface area contributed by atoms with E-state index in [9.17, 15) is 22.8 Å². The Hall–Kier alpha value is -2.92. The second-order valence-electron chi connectivity index (χ2n) is 8.91. The first-order valence-corrected chi connectivity index (χ1v) is 14.3. The van der Waals surface area contributed by atoms with Gasteiger partial charge < -0.3 is 10.6 Å². The van der Waals surface area contributed by atoms with E-state index in [1.165, 1.54) is 34.8 Å². The van der Waals surface area contributed by atoms with E-state index in [4.69, 9.17) is 0 Å². The molecule has 9 nitrogen and oxygen atoms in total. The van der Waals surface area contributed by atoms with Gasteiger partial charge in [0, 0.05) is 12.6 Å². The molecule has 1 aromatic heterocycles. The van der Waals surface area contributed by atoms with Gasteiger partial charge in [-0.3, -0.25) is 9.69 Å².